The van der Waals surface area contributed by atoms with E-state index in [1.807, 2.05) is 0 Å². The molecule has 5 N–H and O–H groups in total. The summed E-state index contributed by atoms with van der Waals surface area (Å²) in [5, 5.41) is 10.6. The summed E-state index contributed by atoms with van der Waals surface area (Å²) in [4.78, 5) is 11.9. The van der Waals surface area contributed by atoms with Crippen molar-refractivity contribution in [3.05, 3.63) is 53.3 Å². The average molecular weight is 500 g/mol. The zero-order valence-electron chi connectivity index (χ0n) is 17.9. The van der Waals surface area contributed by atoms with Crippen LogP contribution in [0.3, 0.4) is 0 Å². The van der Waals surface area contributed by atoms with Gasteiger partial charge in [0.05, 0.1) is 10.9 Å². The second kappa shape index (κ2) is 10.8. The van der Waals surface area contributed by atoms with E-state index >= 15 is 0 Å². The molecule has 1 atom stereocenters. The van der Waals surface area contributed by atoms with Crippen molar-refractivity contribution in [2.75, 3.05) is 6.54 Å². The van der Waals surface area contributed by atoms with E-state index < -0.39 is 37.2 Å². The number of halogens is 2. The molecule has 33 heavy (non-hydrogen) atoms. The molecule has 1 amide bonds. The average Bonchev–Trinajstić information content (AvgIpc) is 2.81. The lowest BCUT2D eigenvalue weighted by atomic mass is 9.79. The minimum Gasteiger partial charge on any atom is -0.454 e. The monoisotopic (exact) mass is 499 g/mol. The zero-order chi connectivity index (χ0) is 24.2. The molecule has 8 nitrogen and oxygen atoms in total. The molecule has 2 aromatic rings. The van der Waals surface area contributed by atoms with E-state index in [4.69, 9.17) is 27.8 Å². The van der Waals surface area contributed by atoms with Crippen molar-refractivity contribution in [3.63, 3.8) is 0 Å². The Hall–Kier alpha value is -2.24. The number of amides is 1. The van der Waals surface area contributed by atoms with Gasteiger partial charge in [0.1, 0.15) is 5.75 Å². The number of hydrogen-bond donors (Lipinski definition) is 3. The van der Waals surface area contributed by atoms with Crippen molar-refractivity contribution in [1.82, 2.24) is 4.47 Å². The second-order valence-electron chi connectivity index (χ2n) is 8.20. The van der Waals surface area contributed by atoms with Crippen LogP contribution in [0.1, 0.15) is 32.1 Å². The van der Waals surface area contributed by atoms with Crippen LogP contribution in [0.15, 0.2) is 47.4 Å². The van der Waals surface area contributed by atoms with Crippen LogP contribution in [-0.4, -0.2) is 36.6 Å². The van der Waals surface area contributed by atoms with Gasteiger partial charge in [0, 0.05) is 5.02 Å². The fraction of sp³-hybridized carbons (Fsp3) is 0.409. The molecule has 0 bridgehead atoms. The molecule has 3 rings (SSSR count). The molecular formula is C22H27ClFN3O5S. The number of nitrogens with two attached hydrogens (primary N) is 2. The molecule has 0 aliphatic heterocycles. The molecular weight excluding hydrogens is 473 g/mol. The maximum atomic E-state index is 14.5. The van der Waals surface area contributed by atoms with Gasteiger partial charge >= 0.3 is 0 Å². The van der Waals surface area contributed by atoms with Gasteiger partial charge < -0.3 is 16.2 Å². The summed E-state index contributed by atoms with van der Waals surface area (Å²) in [7, 11) is -4.72. The van der Waals surface area contributed by atoms with E-state index in [2.05, 4.69) is 0 Å². The largest absolute Gasteiger partial charge is 0.454 e. The van der Waals surface area contributed by atoms with Crippen LogP contribution in [0.4, 0.5) is 4.39 Å². The first-order valence-electron chi connectivity index (χ1n) is 10.6. The SMILES string of the molecule is NCC1CCC(CC(N)C(=O)N(O)S(=O)(=O)c2ccc(Oc3ccc(Cl)cc3)c(F)c2)CC1. The Morgan fingerprint density at radius 1 is 1.15 bits per heavy atom. The molecule has 1 saturated carbocycles. The quantitative estimate of drug-likeness (QED) is 0.372. The highest BCUT2D eigenvalue weighted by atomic mass is 35.5. The molecule has 1 unspecified atom stereocenters. The Labute approximate surface area is 197 Å². The summed E-state index contributed by atoms with van der Waals surface area (Å²) in [6.07, 6.45) is 3.76. The minimum atomic E-state index is -4.72. The van der Waals surface area contributed by atoms with Crippen molar-refractivity contribution >= 4 is 27.5 Å². The van der Waals surface area contributed by atoms with Gasteiger partial charge in [-0.15, -0.1) is 4.47 Å². The van der Waals surface area contributed by atoms with Crippen molar-refractivity contribution < 1.29 is 27.5 Å². The second-order valence-corrected chi connectivity index (χ2v) is 10.4. The fourth-order valence-electron chi connectivity index (χ4n) is 3.88. The van der Waals surface area contributed by atoms with E-state index in [9.17, 15) is 22.8 Å². The topological polar surface area (TPSA) is 136 Å². The number of carbonyl (C=O) groups is 1. The molecule has 0 saturated heterocycles. The number of benzene rings is 2. The molecule has 11 heteroatoms. The summed E-state index contributed by atoms with van der Waals surface area (Å²) in [5.74, 6) is -1.52. The van der Waals surface area contributed by atoms with E-state index in [-0.39, 0.29) is 18.1 Å². The van der Waals surface area contributed by atoms with Gasteiger partial charge in [-0.3, -0.25) is 10.0 Å². The number of rotatable bonds is 8. The van der Waals surface area contributed by atoms with Gasteiger partial charge in [0.25, 0.3) is 15.9 Å². The summed E-state index contributed by atoms with van der Waals surface area (Å²) in [6, 6.07) is 7.71. The summed E-state index contributed by atoms with van der Waals surface area (Å²) < 4.78 is 44.8. The molecule has 1 fully saturated rings. The molecule has 180 valence electrons. The summed E-state index contributed by atoms with van der Waals surface area (Å²) >= 11 is 5.79. The van der Waals surface area contributed by atoms with Crippen LogP contribution in [0, 0.1) is 17.7 Å². The third-order valence-corrected chi connectivity index (χ3v) is 7.60. The van der Waals surface area contributed by atoms with Crippen LogP contribution in [0.5, 0.6) is 11.5 Å². The predicted octanol–water partition coefficient (Wildman–Crippen LogP) is 3.66. The van der Waals surface area contributed by atoms with Crippen molar-refractivity contribution in [2.24, 2.45) is 23.3 Å². The molecule has 0 radical (unpaired) electrons. The van der Waals surface area contributed by atoms with Gasteiger partial charge in [0.2, 0.25) is 0 Å². The fourth-order valence-corrected chi connectivity index (χ4v) is 5.07. The zero-order valence-corrected chi connectivity index (χ0v) is 19.4. The maximum absolute atomic E-state index is 14.5. The van der Waals surface area contributed by atoms with E-state index in [1.54, 1.807) is 12.1 Å². The third-order valence-electron chi connectivity index (χ3n) is 5.86. The Morgan fingerprint density at radius 2 is 1.76 bits per heavy atom. The highest BCUT2D eigenvalue weighted by molar-refractivity contribution is 7.89. The van der Waals surface area contributed by atoms with E-state index in [0.717, 1.165) is 37.8 Å². The first kappa shape index (κ1) is 25.4. The van der Waals surface area contributed by atoms with Gasteiger partial charge in [0.15, 0.2) is 11.6 Å². The standard InChI is InChI=1S/C22H27ClFN3O5S/c23-16-5-7-17(8-6-16)32-21-10-9-18(12-19(21)24)33(30,31)27(29)22(28)20(26)11-14-1-3-15(13-25)4-2-14/h5-10,12,14-15,20,29H,1-4,11,13,25-26H2. The van der Waals surface area contributed by atoms with Gasteiger partial charge in [-0.05, 0) is 80.1 Å². The summed E-state index contributed by atoms with van der Waals surface area (Å²) in [6.45, 7) is 0.612. The number of hydrogen-bond acceptors (Lipinski definition) is 7. The molecule has 2 aromatic carbocycles. The molecule has 1 aliphatic rings. The molecule has 1 aliphatic carbocycles. The molecule has 0 spiro atoms. The van der Waals surface area contributed by atoms with E-state index in [0.29, 0.717) is 29.3 Å². The Bertz CT molecular complexity index is 1080. The lowest BCUT2D eigenvalue weighted by Crippen LogP contribution is -2.46. The number of hydroxylamine groups is 1. The van der Waals surface area contributed by atoms with Gasteiger partial charge in [-0.1, -0.05) is 24.4 Å². The number of carbonyl (C=O) groups excluding carboxylic acids is 1. The maximum Gasteiger partial charge on any atom is 0.289 e. The number of nitrogens with zero attached hydrogens (tertiary/aromatic N) is 1. The first-order valence-corrected chi connectivity index (χ1v) is 12.4. The van der Waals surface area contributed by atoms with Crippen molar-refractivity contribution in [1.29, 1.82) is 0 Å². The highest BCUT2D eigenvalue weighted by Gasteiger charge is 2.34. The van der Waals surface area contributed by atoms with Gasteiger partial charge in [-0.2, -0.15) is 8.42 Å². The predicted molar refractivity (Wildman–Crippen MR) is 121 cm³/mol. The van der Waals surface area contributed by atoms with Crippen molar-refractivity contribution in [2.45, 2.75) is 43.0 Å². The lowest BCUT2D eigenvalue weighted by molar-refractivity contribution is -0.148. The normalized spacial score (nSPS) is 19.7. The van der Waals surface area contributed by atoms with Crippen LogP contribution in [0.2, 0.25) is 5.02 Å². The Morgan fingerprint density at radius 3 is 2.33 bits per heavy atom. The van der Waals surface area contributed by atoms with Crippen LogP contribution in [-0.2, 0) is 14.8 Å². The number of ether oxygens (including phenoxy) is 1. The Balaban J connectivity index is 1.67. The lowest BCUT2D eigenvalue weighted by Gasteiger charge is -2.29. The first-order chi connectivity index (χ1) is 15.6. The summed E-state index contributed by atoms with van der Waals surface area (Å²) in [5.41, 5.74) is 11.6. The number of sulfonamides is 1. The van der Waals surface area contributed by atoms with Gasteiger partial charge in [-0.25, -0.2) is 4.39 Å². The smallest absolute Gasteiger partial charge is 0.289 e. The highest BCUT2D eigenvalue weighted by Crippen LogP contribution is 2.32. The van der Waals surface area contributed by atoms with Crippen LogP contribution in [0.25, 0.3) is 0 Å². The third kappa shape index (κ3) is 6.21. The van der Waals surface area contributed by atoms with Crippen LogP contribution < -0.4 is 16.2 Å². The van der Waals surface area contributed by atoms with Crippen molar-refractivity contribution in [3.8, 4) is 11.5 Å². The molecule has 0 aromatic heterocycles. The van der Waals surface area contributed by atoms with E-state index in [1.165, 1.54) is 12.1 Å². The minimum absolute atomic E-state index is 0.143. The molecule has 0 heterocycles. The Kier molecular flexibility index (Phi) is 8.30. The van der Waals surface area contributed by atoms with Crippen LogP contribution >= 0.6 is 11.6 Å².